The number of rotatable bonds is 2. The van der Waals surface area contributed by atoms with Crippen molar-refractivity contribution in [2.75, 3.05) is 13.7 Å². The predicted molar refractivity (Wildman–Crippen MR) is 78.1 cm³/mol. The van der Waals surface area contributed by atoms with Gasteiger partial charge in [-0.1, -0.05) is 24.3 Å². The quantitative estimate of drug-likeness (QED) is 0.615. The van der Waals surface area contributed by atoms with Crippen LogP contribution in [0.25, 0.3) is 0 Å². The third-order valence-corrected chi connectivity index (χ3v) is 5.39. The lowest BCUT2D eigenvalue weighted by molar-refractivity contribution is -0.172. The van der Waals surface area contributed by atoms with Crippen molar-refractivity contribution < 1.29 is 19.1 Å². The number of likely N-dealkylation sites (tertiary alicyclic amines) is 1. The lowest BCUT2D eigenvalue weighted by Crippen LogP contribution is -2.55. The van der Waals surface area contributed by atoms with Crippen LogP contribution in [0.15, 0.2) is 24.3 Å². The molecule has 0 unspecified atom stereocenters. The molecule has 2 fully saturated rings. The molecule has 5 heteroatoms. The number of carbonyl (C=O) groups excluding carboxylic acids is 2. The lowest BCUT2D eigenvalue weighted by atomic mass is 9.71. The second-order valence-corrected chi connectivity index (χ2v) is 6.31. The Bertz CT molecular complexity index is 672. The minimum absolute atomic E-state index is 0.0320. The Morgan fingerprint density at radius 2 is 2.23 bits per heavy atom. The number of piperidine rings is 1. The maximum Gasteiger partial charge on any atom is 0.348 e. The van der Waals surface area contributed by atoms with Crippen LogP contribution in [0.1, 0.15) is 36.8 Å². The minimum Gasteiger partial charge on any atom is -0.463 e. The highest BCUT2D eigenvalue weighted by molar-refractivity contribution is 6.09. The van der Waals surface area contributed by atoms with Crippen molar-refractivity contribution in [2.24, 2.45) is 0 Å². The van der Waals surface area contributed by atoms with Crippen LogP contribution in [0.3, 0.4) is 0 Å². The van der Waals surface area contributed by atoms with Gasteiger partial charge < -0.3 is 14.4 Å². The van der Waals surface area contributed by atoms with Crippen molar-refractivity contribution in [3.8, 4) is 0 Å². The molecule has 2 saturated heterocycles. The van der Waals surface area contributed by atoms with Gasteiger partial charge in [-0.05, 0) is 24.5 Å². The zero-order valence-electron chi connectivity index (χ0n) is 12.8. The van der Waals surface area contributed by atoms with E-state index in [2.05, 4.69) is 12.1 Å². The van der Waals surface area contributed by atoms with Crippen molar-refractivity contribution in [3.63, 3.8) is 0 Å². The first-order valence-electron chi connectivity index (χ1n) is 7.78. The van der Waals surface area contributed by atoms with Crippen molar-refractivity contribution >= 4 is 11.9 Å². The summed E-state index contributed by atoms with van der Waals surface area (Å²) in [6, 6.07) is 8.23. The molecule has 0 N–H and O–H groups in total. The van der Waals surface area contributed by atoms with Crippen LogP contribution < -0.4 is 0 Å². The summed E-state index contributed by atoms with van der Waals surface area (Å²) in [6.07, 6.45) is 1.95. The fourth-order valence-corrected chi connectivity index (χ4v) is 4.36. The van der Waals surface area contributed by atoms with Crippen LogP contribution in [0.5, 0.6) is 0 Å². The molecule has 2 aliphatic heterocycles. The molecule has 0 aromatic heterocycles. The van der Waals surface area contributed by atoms with Crippen molar-refractivity contribution in [3.05, 3.63) is 35.4 Å². The smallest absolute Gasteiger partial charge is 0.348 e. The summed E-state index contributed by atoms with van der Waals surface area (Å²) in [4.78, 5) is 26.7. The van der Waals surface area contributed by atoms with Gasteiger partial charge >= 0.3 is 5.97 Å². The molecule has 0 radical (unpaired) electrons. The summed E-state index contributed by atoms with van der Waals surface area (Å²) >= 11 is 0. The molecule has 116 valence electrons. The monoisotopic (exact) mass is 301 g/mol. The van der Waals surface area contributed by atoms with Gasteiger partial charge in [0, 0.05) is 25.8 Å². The molecule has 3 atom stereocenters. The number of hydrogen-bond donors (Lipinski definition) is 0. The summed E-state index contributed by atoms with van der Waals surface area (Å²) in [7, 11) is 1.74. The second kappa shape index (κ2) is 4.32. The predicted octanol–water partition coefficient (Wildman–Crippen LogP) is 1.61. The van der Waals surface area contributed by atoms with E-state index in [9.17, 15) is 9.59 Å². The number of esters is 1. The first-order valence-corrected chi connectivity index (χ1v) is 7.78. The van der Waals surface area contributed by atoms with Crippen LogP contribution >= 0.6 is 0 Å². The summed E-state index contributed by atoms with van der Waals surface area (Å²) in [5.41, 5.74) is 0.332. The van der Waals surface area contributed by atoms with E-state index in [0.29, 0.717) is 6.42 Å². The Hall–Kier alpha value is -1.88. The molecule has 2 heterocycles. The topological polar surface area (TPSA) is 55.8 Å². The van der Waals surface area contributed by atoms with E-state index >= 15 is 0 Å². The third-order valence-electron chi connectivity index (χ3n) is 5.39. The van der Waals surface area contributed by atoms with E-state index in [0.717, 1.165) is 12.8 Å². The maximum absolute atomic E-state index is 12.7. The van der Waals surface area contributed by atoms with Gasteiger partial charge in [0.1, 0.15) is 0 Å². The third kappa shape index (κ3) is 1.42. The normalized spacial score (nSPS) is 35.3. The number of fused-ring (bicyclic) bond motifs is 3. The number of hydrogen-bond acceptors (Lipinski definition) is 4. The molecule has 5 nitrogen and oxygen atoms in total. The van der Waals surface area contributed by atoms with Crippen LogP contribution in [0, 0.1) is 0 Å². The van der Waals surface area contributed by atoms with E-state index < -0.39 is 17.3 Å². The first-order chi connectivity index (χ1) is 10.5. The molecule has 1 aromatic carbocycles. The number of aryl methyl sites for hydroxylation is 1. The Labute approximate surface area is 129 Å². The molecule has 0 saturated carbocycles. The number of amides is 1. The van der Waals surface area contributed by atoms with Crippen LogP contribution in [0.4, 0.5) is 0 Å². The zero-order chi connectivity index (χ0) is 15.5. The number of benzene rings is 1. The molecule has 3 aliphatic rings. The standard InChI is InChI=1S/C17H19NO4/c1-3-21-15(20)16-10-13-12-7-5-4-6-11(12)8-9-17(13,22-16)18(2)14(16)19/h4-7,13H,3,8-10H2,1-2H3/t13-,16-,17+/m1/s1. The van der Waals surface area contributed by atoms with Crippen molar-refractivity contribution in [2.45, 2.75) is 43.4 Å². The molecule has 2 bridgehead atoms. The maximum atomic E-state index is 12.7. The largest absolute Gasteiger partial charge is 0.463 e. The van der Waals surface area contributed by atoms with Crippen LogP contribution in [-0.4, -0.2) is 41.8 Å². The van der Waals surface area contributed by atoms with E-state index in [1.807, 2.05) is 12.1 Å². The summed E-state index contributed by atoms with van der Waals surface area (Å²) in [6.45, 7) is 1.99. The number of likely N-dealkylation sites (N-methyl/N-ethyl adjacent to an activating group) is 1. The average Bonchev–Trinajstić information content (AvgIpc) is 3.00. The van der Waals surface area contributed by atoms with Gasteiger partial charge in [0.15, 0.2) is 5.72 Å². The number of nitrogens with zero attached hydrogens (tertiary/aromatic N) is 1. The minimum atomic E-state index is -1.45. The Morgan fingerprint density at radius 1 is 1.45 bits per heavy atom. The zero-order valence-corrected chi connectivity index (χ0v) is 12.8. The molecule has 22 heavy (non-hydrogen) atoms. The van der Waals surface area contributed by atoms with Gasteiger partial charge in [0.05, 0.1) is 6.61 Å². The van der Waals surface area contributed by atoms with Gasteiger partial charge in [0.25, 0.3) is 5.91 Å². The van der Waals surface area contributed by atoms with E-state index in [4.69, 9.17) is 9.47 Å². The van der Waals surface area contributed by atoms with Gasteiger partial charge in [-0.25, -0.2) is 4.79 Å². The van der Waals surface area contributed by atoms with Gasteiger partial charge in [-0.2, -0.15) is 0 Å². The lowest BCUT2D eigenvalue weighted by Gasteiger charge is -2.43. The SMILES string of the molecule is CCOC(=O)[C@]12C[C@@H]3c4ccccc4CC[C@@]3(O1)N(C)C2=O. The fourth-order valence-electron chi connectivity index (χ4n) is 4.36. The summed E-state index contributed by atoms with van der Waals surface area (Å²) in [5.74, 6) is -0.776. The molecular weight excluding hydrogens is 282 g/mol. The van der Waals surface area contributed by atoms with Crippen molar-refractivity contribution in [1.82, 2.24) is 4.90 Å². The van der Waals surface area contributed by atoms with Gasteiger partial charge in [-0.3, -0.25) is 4.79 Å². The van der Waals surface area contributed by atoms with Crippen LogP contribution in [0.2, 0.25) is 0 Å². The number of ether oxygens (including phenoxy) is 2. The van der Waals surface area contributed by atoms with E-state index in [-0.39, 0.29) is 18.4 Å². The Morgan fingerprint density at radius 3 is 3.00 bits per heavy atom. The molecule has 1 spiro atoms. The molecule has 1 amide bonds. The van der Waals surface area contributed by atoms with Crippen LogP contribution in [-0.2, 0) is 25.5 Å². The fraction of sp³-hybridized carbons (Fsp3) is 0.529. The second-order valence-electron chi connectivity index (χ2n) is 6.31. The molecular formula is C17H19NO4. The van der Waals surface area contributed by atoms with E-state index in [1.165, 1.54) is 11.1 Å². The first kappa shape index (κ1) is 13.8. The average molecular weight is 301 g/mol. The van der Waals surface area contributed by atoms with Gasteiger partial charge in [-0.15, -0.1) is 0 Å². The molecule has 4 rings (SSSR count). The Balaban J connectivity index is 1.82. The summed E-state index contributed by atoms with van der Waals surface area (Å²) in [5, 5.41) is 0. The van der Waals surface area contributed by atoms with Gasteiger partial charge in [0.2, 0.25) is 5.60 Å². The van der Waals surface area contributed by atoms with Crippen molar-refractivity contribution in [1.29, 1.82) is 0 Å². The highest BCUT2D eigenvalue weighted by Crippen LogP contribution is 2.60. The summed E-state index contributed by atoms with van der Waals surface area (Å²) < 4.78 is 11.3. The highest BCUT2D eigenvalue weighted by Gasteiger charge is 2.74. The molecule has 1 aliphatic carbocycles. The molecule has 1 aromatic rings. The Kier molecular flexibility index (Phi) is 2.70. The number of carbonyl (C=O) groups is 2. The highest BCUT2D eigenvalue weighted by atomic mass is 16.6. The van der Waals surface area contributed by atoms with E-state index in [1.54, 1.807) is 18.9 Å².